The molecular formula is C14H21ClN2O2S. The van der Waals surface area contributed by atoms with Gasteiger partial charge in [0.1, 0.15) is 0 Å². The smallest absolute Gasteiger partial charge is 0.243 e. The summed E-state index contributed by atoms with van der Waals surface area (Å²) in [7, 11) is -3.37. The Morgan fingerprint density at radius 1 is 1.15 bits per heavy atom. The highest BCUT2D eigenvalue weighted by Gasteiger charge is 2.29. The van der Waals surface area contributed by atoms with Crippen LogP contribution >= 0.6 is 11.6 Å². The van der Waals surface area contributed by atoms with Crippen molar-refractivity contribution in [3.63, 3.8) is 0 Å². The standard InChI is InChI=1S/C14H21ClN2O2S/c1-12-3-4-14(13(2)11-12)20(18,19)17-9-7-16(6-5-15)8-10-17/h3-4,11H,5-10H2,1-2H3. The molecule has 1 aromatic rings. The van der Waals surface area contributed by atoms with Gasteiger partial charge in [-0.25, -0.2) is 8.42 Å². The molecule has 1 heterocycles. The van der Waals surface area contributed by atoms with E-state index in [4.69, 9.17) is 11.6 Å². The van der Waals surface area contributed by atoms with Crippen LogP contribution in [-0.4, -0.2) is 56.2 Å². The van der Waals surface area contributed by atoms with Crippen molar-refractivity contribution in [2.45, 2.75) is 18.7 Å². The number of rotatable bonds is 4. The van der Waals surface area contributed by atoms with Crippen LogP contribution in [0.3, 0.4) is 0 Å². The molecule has 2 rings (SSSR count). The number of alkyl halides is 1. The van der Waals surface area contributed by atoms with Crippen LogP contribution in [0.15, 0.2) is 23.1 Å². The second-order valence-corrected chi connectivity index (χ2v) is 7.49. The van der Waals surface area contributed by atoms with Crippen molar-refractivity contribution < 1.29 is 8.42 Å². The van der Waals surface area contributed by atoms with Gasteiger partial charge in [0.05, 0.1) is 4.90 Å². The highest BCUT2D eigenvalue weighted by Crippen LogP contribution is 2.22. The van der Waals surface area contributed by atoms with Gasteiger partial charge in [-0.3, -0.25) is 4.90 Å². The third-order valence-corrected chi connectivity index (χ3v) is 5.91. The van der Waals surface area contributed by atoms with E-state index in [-0.39, 0.29) is 0 Å². The van der Waals surface area contributed by atoms with Crippen LogP contribution < -0.4 is 0 Å². The zero-order valence-electron chi connectivity index (χ0n) is 12.0. The molecule has 1 saturated heterocycles. The lowest BCUT2D eigenvalue weighted by atomic mass is 10.2. The Kier molecular flexibility index (Phi) is 5.07. The molecule has 0 aromatic heterocycles. The second-order valence-electron chi connectivity index (χ2n) is 5.20. The molecule has 0 radical (unpaired) electrons. The SMILES string of the molecule is Cc1ccc(S(=O)(=O)N2CCN(CCCl)CC2)c(C)c1. The van der Waals surface area contributed by atoms with Gasteiger partial charge >= 0.3 is 0 Å². The second kappa shape index (κ2) is 6.43. The van der Waals surface area contributed by atoms with Gasteiger partial charge in [0.15, 0.2) is 0 Å². The maximum atomic E-state index is 12.7. The van der Waals surface area contributed by atoms with E-state index in [1.165, 1.54) is 0 Å². The lowest BCUT2D eigenvalue weighted by Crippen LogP contribution is -2.49. The largest absolute Gasteiger partial charge is 0.300 e. The minimum absolute atomic E-state index is 0.425. The molecule has 4 nitrogen and oxygen atoms in total. The van der Waals surface area contributed by atoms with Gasteiger partial charge in [0, 0.05) is 38.6 Å². The number of hydrogen-bond donors (Lipinski definition) is 0. The summed E-state index contributed by atoms with van der Waals surface area (Å²) in [4.78, 5) is 2.62. The van der Waals surface area contributed by atoms with Crippen LogP contribution in [-0.2, 0) is 10.0 Å². The molecule has 1 aliphatic rings. The van der Waals surface area contributed by atoms with Crippen molar-refractivity contribution in [2.24, 2.45) is 0 Å². The normalized spacial score (nSPS) is 18.4. The van der Waals surface area contributed by atoms with Gasteiger partial charge in [-0.05, 0) is 25.5 Å². The summed E-state index contributed by atoms with van der Waals surface area (Å²) in [5.41, 5.74) is 1.89. The topological polar surface area (TPSA) is 40.6 Å². The van der Waals surface area contributed by atoms with E-state index in [0.29, 0.717) is 23.9 Å². The van der Waals surface area contributed by atoms with Crippen molar-refractivity contribution in [2.75, 3.05) is 38.6 Å². The number of nitrogens with zero attached hydrogens (tertiary/aromatic N) is 2. The van der Waals surface area contributed by atoms with Gasteiger partial charge in [-0.1, -0.05) is 17.7 Å². The van der Waals surface area contributed by atoms with Gasteiger partial charge in [-0.15, -0.1) is 11.6 Å². The van der Waals surface area contributed by atoms with E-state index in [0.717, 1.165) is 30.8 Å². The summed E-state index contributed by atoms with van der Waals surface area (Å²) in [6.07, 6.45) is 0. The van der Waals surface area contributed by atoms with Crippen LogP contribution in [0.2, 0.25) is 0 Å². The van der Waals surface area contributed by atoms with Gasteiger partial charge in [-0.2, -0.15) is 4.31 Å². The predicted molar refractivity (Wildman–Crippen MR) is 81.8 cm³/mol. The molecule has 1 aromatic carbocycles. The molecule has 1 fully saturated rings. The van der Waals surface area contributed by atoms with E-state index in [1.54, 1.807) is 10.4 Å². The van der Waals surface area contributed by atoms with Gasteiger partial charge in [0.25, 0.3) is 0 Å². The number of benzene rings is 1. The number of halogens is 1. The first-order valence-electron chi connectivity index (χ1n) is 6.81. The maximum absolute atomic E-state index is 12.7. The lowest BCUT2D eigenvalue weighted by Gasteiger charge is -2.33. The van der Waals surface area contributed by atoms with Crippen molar-refractivity contribution >= 4 is 21.6 Å². The molecule has 0 amide bonds. The Morgan fingerprint density at radius 3 is 2.35 bits per heavy atom. The molecule has 0 unspecified atom stereocenters. The Morgan fingerprint density at radius 2 is 1.80 bits per heavy atom. The lowest BCUT2D eigenvalue weighted by molar-refractivity contribution is 0.197. The number of hydrogen-bond acceptors (Lipinski definition) is 3. The molecule has 0 bridgehead atoms. The fourth-order valence-electron chi connectivity index (χ4n) is 2.54. The van der Waals surface area contributed by atoms with Crippen LogP contribution in [0.5, 0.6) is 0 Å². The minimum atomic E-state index is -3.37. The summed E-state index contributed by atoms with van der Waals surface area (Å²) in [6.45, 7) is 7.20. The van der Waals surface area contributed by atoms with E-state index in [1.807, 2.05) is 26.0 Å². The van der Waals surface area contributed by atoms with E-state index >= 15 is 0 Å². The molecular weight excluding hydrogens is 296 g/mol. The molecule has 0 spiro atoms. The van der Waals surface area contributed by atoms with Crippen molar-refractivity contribution in [3.05, 3.63) is 29.3 Å². The summed E-state index contributed by atoms with van der Waals surface area (Å²) >= 11 is 5.72. The number of sulfonamides is 1. The minimum Gasteiger partial charge on any atom is -0.300 e. The third-order valence-electron chi connectivity index (χ3n) is 3.68. The van der Waals surface area contributed by atoms with Crippen LogP contribution in [0.25, 0.3) is 0 Å². The zero-order chi connectivity index (χ0) is 14.8. The Hall–Kier alpha value is -0.620. The molecule has 1 aliphatic heterocycles. The van der Waals surface area contributed by atoms with Crippen molar-refractivity contribution in [1.29, 1.82) is 0 Å². The van der Waals surface area contributed by atoms with Crippen LogP contribution in [0, 0.1) is 13.8 Å². The summed E-state index contributed by atoms with van der Waals surface area (Å²) in [6, 6.07) is 5.48. The Bertz CT molecular complexity index is 567. The Balaban J connectivity index is 2.15. The van der Waals surface area contributed by atoms with Crippen LogP contribution in [0.1, 0.15) is 11.1 Å². The van der Waals surface area contributed by atoms with Crippen LogP contribution in [0.4, 0.5) is 0 Å². The molecule has 6 heteroatoms. The highest BCUT2D eigenvalue weighted by atomic mass is 35.5. The number of piperazine rings is 1. The van der Waals surface area contributed by atoms with E-state index in [2.05, 4.69) is 4.90 Å². The predicted octanol–water partition coefficient (Wildman–Crippen LogP) is 1.85. The molecule has 0 aliphatic carbocycles. The van der Waals surface area contributed by atoms with E-state index < -0.39 is 10.0 Å². The average molecular weight is 317 g/mol. The quantitative estimate of drug-likeness (QED) is 0.796. The summed E-state index contributed by atoms with van der Waals surface area (Å²) in [5, 5.41) is 0. The first-order valence-corrected chi connectivity index (χ1v) is 8.78. The molecule has 0 atom stereocenters. The summed E-state index contributed by atoms with van der Waals surface area (Å²) < 4.78 is 26.9. The first kappa shape index (κ1) is 15.8. The highest BCUT2D eigenvalue weighted by molar-refractivity contribution is 7.89. The fraction of sp³-hybridized carbons (Fsp3) is 0.571. The van der Waals surface area contributed by atoms with E-state index in [9.17, 15) is 8.42 Å². The number of aryl methyl sites for hydroxylation is 2. The molecule has 0 saturated carbocycles. The third kappa shape index (κ3) is 3.34. The van der Waals surface area contributed by atoms with Gasteiger partial charge in [0.2, 0.25) is 10.0 Å². The van der Waals surface area contributed by atoms with Gasteiger partial charge < -0.3 is 0 Å². The average Bonchev–Trinajstić information content (AvgIpc) is 2.39. The zero-order valence-corrected chi connectivity index (χ0v) is 13.5. The van der Waals surface area contributed by atoms with Crippen molar-refractivity contribution in [3.8, 4) is 0 Å². The summed E-state index contributed by atoms with van der Waals surface area (Å²) in [5.74, 6) is 0.587. The molecule has 0 N–H and O–H groups in total. The van der Waals surface area contributed by atoms with Crippen molar-refractivity contribution in [1.82, 2.24) is 9.21 Å². The fourth-order valence-corrected chi connectivity index (χ4v) is 4.41. The molecule has 112 valence electrons. The first-order chi connectivity index (χ1) is 9.45. The molecule has 20 heavy (non-hydrogen) atoms. The monoisotopic (exact) mass is 316 g/mol. The maximum Gasteiger partial charge on any atom is 0.243 e. The Labute approximate surface area is 126 Å².